The van der Waals surface area contributed by atoms with Crippen LogP contribution < -0.4 is 10.1 Å². The number of nitrogens with one attached hydrogen (secondary N) is 1. The molecule has 0 aliphatic heterocycles. The van der Waals surface area contributed by atoms with Crippen LogP contribution in [0.1, 0.15) is 25.8 Å². The van der Waals surface area contributed by atoms with E-state index in [1.807, 2.05) is 19.1 Å². The topological polar surface area (TPSA) is 58.6 Å². The van der Waals surface area contributed by atoms with Crippen LogP contribution in [0.4, 0.5) is 4.39 Å². The average molecular weight is 498 g/mol. The molecule has 1 N–H and O–H groups in total. The molecule has 2 amide bonds. The van der Waals surface area contributed by atoms with Crippen LogP contribution in [0, 0.1) is 9.39 Å². The fraction of sp³-hybridized carbons (Fsp3) is 0.333. The molecule has 1 unspecified atom stereocenters. The van der Waals surface area contributed by atoms with Gasteiger partial charge in [-0.15, -0.1) is 0 Å². The molecule has 2 aromatic carbocycles. The number of carbonyl (C=O) groups is 2. The summed E-state index contributed by atoms with van der Waals surface area (Å²) < 4.78 is 20.7. The third-order valence-corrected chi connectivity index (χ3v) is 4.91. The monoisotopic (exact) mass is 498 g/mol. The van der Waals surface area contributed by atoms with Gasteiger partial charge in [0.1, 0.15) is 17.6 Å². The van der Waals surface area contributed by atoms with Crippen molar-refractivity contribution in [3.63, 3.8) is 0 Å². The lowest BCUT2D eigenvalue weighted by Crippen LogP contribution is -2.49. The number of amides is 2. The summed E-state index contributed by atoms with van der Waals surface area (Å²) in [7, 11) is 0. The van der Waals surface area contributed by atoms with E-state index in [2.05, 4.69) is 27.9 Å². The first kappa shape index (κ1) is 22.1. The summed E-state index contributed by atoms with van der Waals surface area (Å²) in [5, 5.41) is 2.78. The molecular formula is C21H24FIN2O3. The first-order valence-electron chi connectivity index (χ1n) is 9.11. The molecule has 0 saturated carbocycles. The Morgan fingerprint density at radius 2 is 1.86 bits per heavy atom. The normalized spacial score (nSPS) is 11.6. The van der Waals surface area contributed by atoms with Crippen molar-refractivity contribution in [2.45, 2.75) is 32.9 Å². The lowest BCUT2D eigenvalue weighted by Gasteiger charge is -2.28. The van der Waals surface area contributed by atoms with Gasteiger partial charge in [-0.3, -0.25) is 9.59 Å². The minimum absolute atomic E-state index is 0.0116. The zero-order valence-electron chi connectivity index (χ0n) is 16.0. The Balaban J connectivity index is 2.13. The van der Waals surface area contributed by atoms with E-state index < -0.39 is 11.9 Å². The number of hydrogen-bond donors (Lipinski definition) is 1. The van der Waals surface area contributed by atoms with E-state index in [4.69, 9.17) is 4.74 Å². The van der Waals surface area contributed by atoms with Crippen molar-refractivity contribution < 1.29 is 18.7 Å². The lowest BCUT2D eigenvalue weighted by molar-refractivity contribution is -0.142. The van der Waals surface area contributed by atoms with E-state index in [9.17, 15) is 14.0 Å². The van der Waals surface area contributed by atoms with Gasteiger partial charge in [0.15, 0.2) is 6.61 Å². The first-order valence-corrected chi connectivity index (χ1v) is 10.2. The molecule has 7 heteroatoms. The van der Waals surface area contributed by atoms with Gasteiger partial charge in [-0.05, 0) is 66.3 Å². The summed E-state index contributed by atoms with van der Waals surface area (Å²) >= 11 is 2.18. The van der Waals surface area contributed by atoms with E-state index in [0.29, 0.717) is 17.9 Å². The van der Waals surface area contributed by atoms with Crippen molar-refractivity contribution in [1.82, 2.24) is 10.2 Å². The molecule has 0 radical (unpaired) electrons. The summed E-state index contributed by atoms with van der Waals surface area (Å²) in [6.07, 6.45) is 0.787. The van der Waals surface area contributed by atoms with Gasteiger partial charge in [0, 0.05) is 22.2 Å². The number of halogens is 2. The van der Waals surface area contributed by atoms with E-state index in [0.717, 1.165) is 9.99 Å². The largest absolute Gasteiger partial charge is 0.484 e. The quantitative estimate of drug-likeness (QED) is 0.536. The smallest absolute Gasteiger partial charge is 0.261 e. The van der Waals surface area contributed by atoms with Crippen molar-refractivity contribution in [2.24, 2.45) is 0 Å². The van der Waals surface area contributed by atoms with E-state index in [1.54, 1.807) is 37.3 Å². The van der Waals surface area contributed by atoms with Crippen LogP contribution in [0.25, 0.3) is 0 Å². The van der Waals surface area contributed by atoms with Crippen molar-refractivity contribution >= 4 is 34.4 Å². The standard InChI is InChI=1S/C21H24FIN2O3/c1-3-12-24-21(27)15(2)25(13-16-6-4-5-7-19(16)22)20(26)14-28-18-10-8-17(23)9-11-18/h4-11,15H,3,12-14H2,1-2H3,(H,24,27). The highest BCUT2D eigenvalue weighted by molar-refractivity contribution is 14.1. The number of benzene rings is 2. The third-order valence-electron chi connectivity index (χ3n) is 4.19. The predicted molar refractivity (Wildman–Crippen MR) is 114 cm³/mol. The Kier molecular flexibility index (Phi) is 8.69. The van der Waals surface area contributed by atoms with Crippen LogP contribution in [0.5, 0.6) is 5.75 Å². The van der Waals surface area contributed by atoms with Gasteiger partial charge in [0.25, 0.3) is 5.91 Å². The highest BCUT2D eigenvalue weighted by atomic mass is 127. The summed E-state index contributed by atoms with van der Waals surface area (Å²) in [6.45, 7) is 3.85. The molecule has 5 nitrogen and oxygen atoms in total. The van der Waals surface area contributed by atoms with Gasteiger partial charge in [0.2, 0.25) is 5.91 Å². The number of ether oxygens (including phenoxy) is 1. The fourth-order valence-electron chi connectivity index (χ4n) is 2.55. The van der Waals surface area contributed by atoms with Crippen LogP contribution in [-0.4, -0.2) is 35.9 Å². The summed E-state index contributed by atoms with van der Waals surface area (Å²) in [5.74, 6) is -0.524. The SMILES string of the molecule is CCCNC(=O)C(C)N(Cc1ccccc1F)C(=O)COc1ccc(I)cc1. The van der Waals surface area contributed by atoms with Crippen molar-refractivity contribution in [2.75, 3.05) is 13.2 Å². The van der Waals surface area contributed by atoms with E-state index in [-0.39, 0.29) is 25.0 Å². The third kappa shape index (κ3) is 6.47. The molecule has 0 aliphatic carbocycles. The molecule has 0 aromatic heterocycles. The fourth-order valence-corrected chi connectivity index (χ4v) is 2.91. The van der Waals surface area contributed by atoms with Gasteiger partial charge in [0.05, 0.1) is 0 Å². The minimum atomic E-state index is -0.751. The maximum atomic E-state index is 14.1. The van der Waals surface area contributed by atoms with E-state index >= 15 is 0 Å². The maximum absolute atomic E-state index is 14.1. The molecule has 0 spiro atoms. The Hall–Kier alpha value is -2.16. The number of nitrogens with zero attached hydrogens (tertiary/aromatic N) is 1. The van der Waals surface area contributed by atoms with Crippen LogP contribution in [0.3, 0.4) is 0 Å². The second kappa shape index (κ2) is 11.0. The molecule has 2 rings (SSSR count). The highest BCUT2D eigenvalue weighted by Crippen LogP contribution is 2.16. The predicted octanol–water partition coefficient (Wildman–Crippen LogP) is 3.75. The zero-order valence-corrected chi connectivity index (χ0v) is 18.1. The van der Waals surface area contributed by atoms with Crippen LogP contribution in [0.2, 0.25) is 0 Å². The average Bonchev–Trinajstić information content (AvgIpc) is 2.70. The molecule has 0 fully saturated rings. The maximum Gasteiger partial charge on any atom is 0.261 e. The molecule has 0 saturated heterocycles. The first-order chi connectivity index (χ1) is 13.4. The van der Waals surface area contributed by atoms with Gasteiger partial charge in [-0.2, -0.15) is 0 Å². The van der Waals surface area contributed by atoms with Crippen LogP contribution in [-0.2, 0) is 16.1 Å². The zero-order chi connectivity index (χ0) is 20.5. The summed E-state index contributed by atoms with van der Waals surface area (Å²) in [5.41, 5.74) is 0.347. The van der Waals surface area contributed by atoms with Gasteiger partial charge in [-0.1, -0.05) is 25.1 Å². The molecule has 0 heterocycles. The van der Waals surface area contributed by atoms with Crippen molar-refractivity contribution in [1.29, 1.82) is 0 Å². The molecule has 28 heavy (non-hydrogen) atoms. The molecule has 2 aromatic rings. The second-order valence-corrected chi connectivity index (χ2v) is 7.57. The Morgan fingerprint density at radius 1 is 1.18 bits per heavy atom. The Bertz CT molecular complexity index is 798. The number of hydrogen-bond acceptors (Lipinski definition) is 3. The van der Waals surface area contributed by atoms with Gasteiger partial charge in [-0.25, -0.2) is 4.39 Å². The van der Waals surface area contributed by atoms with Crippen molar-refractivity contribution in [3.05, 3.63) is 63.5 Å². The summed E-state index contributed by atoms with van der Waals surface area (Å²) in [4.78, 5) is 26.6. The van der Waals surface area contributed by atoms with Crippen molar-refractivity contribution in [3.8, 4) is 5.75 Å². The molecular weight excluding hydrogens is 474 g/mol. The minimum Gasteiger partial charge on any atom is -0.484 e. The molecule has 150 valence electrons. The number of rotatable bonds is 9. The summed E-state index contributed by atoms with van der Waals surface area (Å²) in [6, 6.07) is 12.8. The van der Waals surface area contributed by atoms with Crippen LogP contribution in [0.15, 0.2) is 48.5 Å². The lowest BCUT2D eigenvalue weighted by atomic mass is 10.1. The molecule has 0 aliphatic rings. The van der Waals surface area contributed by atoms with Gasteiger partial charge >= 0.3 is 0 Å². The second-order valence-electron chi connectivity index (χ2n) is 6.32. The highest BCUT2D eigenvalue weighted by Gasteiger charge is 2.27. The number of carbonyl (C=O) groups excluding carboxylic acids is 2. The molecule has 1 atom stereocenters. The van der Waals surface area contributed by atoms with Crippen LogP contribution >= 0.6 is 22.6 Å². The molecule has 0 bridgehead atoms. The Morgan fingerprint density at radius 3 is 2.50 bits per heavy atom. The van der Waals surface area contributed by atoms with Gasteiger partial charge < -0.3 is 15.0 Å². The van der Waals surface area contributed by atoms with E-state index in [1.165, 1.54) is 11.0 Å². The Labute approximate surface area is 178 Å².